The van der Waals surface area contributed by atoms with Gasteiger partial charge >= 0.3 is 0 Å². The Morgan fingerprint density at radius 2 is 2.03 bits per heavy atom. The summed E-state index contributed by atoms with van der Waals surface area (Å²) in [6, 6.07) is 2.44. The molecule has 3 aromatic rings. The van der Waals surface area contributed by atoms with Gasteiger partial charge in [0, 0.05) is 36.9 Å². The third kappa shape index (κ3) is 5.19. The predicted molar refractivity (Wildman–Crippen MR) is 133 cm³/mol. The van der Waals surface area contributed by atoms with Crippen LogP contribution in [0.1, 0.15) is 11.7 Å². The van der Waals surface area contributed by atoms with Crippen molar-refractivity contribution in [1.29, 1.82) is 0 Å². The van der Waals surface area contributed by atoms with Crippen molar-refractivity contribution in [3.05, 3.63) is 64.8 Å². The number of nitrogens with one attached hydrogen (secondary N) is 1. The molecule has 0 aliphatic carbocycles. The number of aliphatic hydroxyl groups is 2. The van der Waals surface area contributed by atoms with Gasteiger partial charge in [-0.2, -0.15) is 0 Å². The molecule has 1 saturated heterocycles. The summed E-state index contributed by atoms with van der Waals surface area (Å²) in [6.07, 6.45) is 1.82. The maximum Gasteiger partial charge on any atom is 0.194 e. The summed E-state index contributed by atoms with van der Waals surface area (Å²) in [5.41, 5.74) is 0.954. The van der Waals surface area contributed by atoms with E-state index in [4.69, 9.17) is 21.1 Å². The number of pyridine rings is 1. The number of hydrogen-bond acceptors (Lipinski definition) is 9. The highest BCUT2D eigenvalue weighted by atomic mass is 35.5. The Hall–Kier alpha value is -2.52. The molecule has 0 bridgehead atoms. The van der Waals surface area contributed by atoms with E-state index in [9.17, 15) is 23.4 Å². The van der Waals surface area contributed by atoms with Gasteiger partial charge in [0.1, 0.15) is 35.5 Å². The molecule has 1 fully saturated rings. The molecule has 38 heavy (non-hydrogen) atoms. The second-order valence-corrected chi connectivity index (χ2v) is 10.3. The van der Waals surface area contributed by atoms with Gasteiger partial charge in [-0.25, -0.2) is 17.9 Å². The average molecular weight is 570 g/mol. The van der Waals surface area contributed by atoms with E-state index in [0.29, 0.717) is 23.0 Å². The molecule has 0 spiro atoms. The molecule has 14 heteroatoms. The van der Waals surface area contributed by atoms with Crippen molar-refractivity contribution in [1.82, 2.24) is 25.3 Å². The van der Waals surface area contributed by atoms with Crippen molar-refractivity contribution in [2.45, 2.75) is 34.7 Å². The fraction of sp³-hybridized carbons (Fsp3) is 0.375. The molecule has 4 heterocycles. The zero-order valence-corrected chi connectivity index (χ0v) is 21.5. The minimum absolute atomic E-state index is 0.0408. The molecule has 5 atom stereocenters. The molecule has 5 rings (SSSR count). The standard InChI is InChI=1S/C24H23ClF3N5O4S/c1-36-23-21(33-9-16(31-32-33)12-4-14(26)19(28)15(27)5-12)22(35)17(10-34)37-24(23)38-18-6-13(25)8-30-20(18)11-2-3-29-7-11/h2,4-6,8-9,17,21-24,29,34-35H,3,7,10H2,1H3/t17?,21-,22-,23?,24+/m0/s1. The number of halogens is 4. The summed E-state index contributed by atoms with van der Waals surface area (Å²) in [6.45, 7) is 0.840. The Morgan fingerprint density at radius 1 is 1.26 bits per heavy atom. The van der Waals surface area contributed by atoms with Crippen molar-refractivity contribution in [3.63, 3.8) is 0 Å². The van der Waals surface area contributed by atoms with Crippen molar-refractivity contribution >= 4 is 28.9 Å². The topological polar surface area (TPSA) is 115 Å². The molecule has 2 aromatic heterocycles. The van der Waals surface area contributed by atoms with Crippen LogP contribution in [0.2, 0.25) is 5.02 Å². The second-order valence-electron chi connectivity index (χ2n) is 8.72. The minimum atomic E-state index is -1.59. The van der Waals surface area contributed by atoms with Crippen LogP contribution < -0.4 is 5.32 Å². The number of ether oxygens (including phenoxy) is 2. The lowest BCUT2D eigenvalue weighted by molar-refractivity contribution is -0.186. The molecule has 1 aromatic carbocycles. The van der Waals surface area contributed by atoms with E-state index in [1.165, 1.54) is 29.8 Å². The fourth-order valence-corrected chi connectivity index (χ4v) is 6.07. The van der Waals surface area contributed by atoms with Gasteiger partial charge in [0.2, 0.25) is 0 Å². The van der Waals surface area contributed by atoms with Crippen LogP contribution in [0.4, 0.5) is 13.2 Å². The highest BCUT2D eigenvalue weighted by molar-refractivity contribution is 7.99. The zero-order chi connectivity index (χ0) is 27.0. The van der Waals surface area contributed by atoms with E-state index in [0.717, 1.165) is 23.4 Å². The summed E-state index contributed by atoms with van der Waals surface area (Å²) in [7, 11) is 1.43. The average Bonchev–Trinajstić information content (AvgIpc) is 3.60. The molecule has 2 aliphatic heterocycles. The molecule has 0 amide bonds. The summed E-state index contributed by atoms with van der Waals surface area (Å²) in [5, 5.41) is 32.7. The normalized spacial score (nSPS) is 25.6. The maximum absolute atomic E-state index is 13.8. The van der Waals surface area contributed by atoms with E-state index < -0.39 is 53.8 Å². The van der Waals surface area contributed by atoms with Gasteiger partial charge in [-0.05, 0) is 23.8 Å². The van der Waals surface area contributed by atoms with E-state index in [-0.39, 0.29) is 11.3 Å². The summed E-state index contributed by atoms with van der Waals surface area (Å²) >= 11 is 7.51. The van der Waals surface area contributed by atoms with Crippen LogP contribution in [0, 0.1) is 17.5 Å². The molecule has 2 aliphatic rings. The summed E-state index contributed by atoms with van der Waals surface area (Å²) in [5.74, 6) is -4.33. The Balaban J connectivity index is 1.49. The summed E-state index contributed by atoms with van der Waals surface area (Å²) in [4.78, 5) is 5.20. The molecular formula is C24H23ClF3N5O4S. The monoisotopic (exact) mass is 569 g/mol. The van der Waals surface area contributed by atoms with Gasteiger partial charge in [0.05, 0.1) is 23.5 Å². The quantitative estimate of drug-likeness (QED) is 0.370. The van der Waals surface area contributed by atoms with Crippen molar-refractivity contribution < 1.29 is 32.9 Å². The number of thioether (sulfide) groups is 1. The number of aliphatic hydroxyl groups excluding tert-OH is 2. The lowest BCUT2D eigenvalue weighted by Crippen LogP contribution is -2.55. The van der Waals surface area contributed by atoms with Gasteiger partial charge in [-0.15, -0.1) is 5.10 Å². The first-order valence-corrected chi connectivity index (χ1v) is 12.8. The number of nitrogens with zero attached hydrogens (tertiary/aromatic N) is 4. The zero-order valence-electron chi connectivity index (χ0n) is 19.9. The highest BCUT2D eigenvalue weighted by Crippen LogP contribution is 2.42. The predicted octanol–water partition coefficient (Wildman–Crippen LogP) is 2.82. The van der Waals surface area contributed by atoms with E-state index in [1.54, 1.807) is 12.3 Å². The van der Waals surface area contributed by atoms with Gasteiger partial charge in [0.15, 0.2) is 17.5 Å². The molecule has 0 radical (unpaired) electrons. The number of benzene rings is 1. The van der Waals surface area contributed by atoms with Gasteiger partial charge in [0.25, 0.3) is 0 Å². The number of hydrogen-bond donors (Lipinski definition) is 3. The number of rotatable bonds is 7. The van der Waals surface area contributed by atoms with Crippen LogP contribution in [0.5, 0.6) is 0 Å². The SMILES string of the molecule is COC1[C@@H](Sc2cc(Cl)cnc2C2=CCNC2)OC(CO)[C@H](O)[C@@H]1n1cc(-c2cc(F)c(F)c(F)c2)nn1. The van der Waals surface area contributed by atoms with Crippen LogP contribution in [0.25, 0.3) is 16.8 Å². The lowest BCUT2D eigenvalue weighted by atomic mass is 9.97. The largest absolute Gasteiger partial charge is 0.394 e. The molecular weight excluding hydrogens is 547 g/mol. The fourth-order valence-electron chi connectivity index (χ4n) is 4.50. The van der Waals surface area contributed by atoms with E-state index in [2.05, 4.69) is 20.6 Å². The smallest absolute Gasteiger partial charge is 0.194 e. The maximum atomic E-state index is 13.8. The van der Waals surface area contributed by atoms with Crippen LogP contribution in [-0.2, 0) is 9.47 Å². The van der Waals surface area contributed by atoms with Gasteiger partial charge in [-0.3, -0.25) is 4.98 Å². The molecule has 9 nitrogen and oxygen atoms in total. The Morgan fingerprint density at radius 3 is 2.68 bits per heavy atom. The minimum Gasteiger partial charge on any atom is -0.394 e. The van der Waals surface area contributed by atoms with Crippen LogP contribution >= 0.6 is 23.4 Å². The van der Waals surface area contributed by atoms with Crippen molar-refractivity contribution in [2.75, 3.05) is 26.8 Å². The molecule has 0 saturated carbocycles. The van der Waals surface area contributed by atoms with Gasteiger partial charge in [-0.1, -0.05) is 34.7 Å². The number of aromatic nitrogens is 4. The highest BCUT2D eigenvalue weighted by Gasteiger charge is 2.47. The van der Waals surface area contributed by atoms with Crippen molar-refractivity contribution in [2.24, 2.45) is 0 Å². The van der Waals surface area contributed by atoms with E-state index in [1.807, 2.05) is 6.08 Å². The Kier molecular flexibility index (Phi) is 8.05. The third-order valence-electron chi connectivity index (χ3n) is 6.37. The van der Waals surface area contributed by atoms with E-state index >= 15 is 0 Å². The lowest BCUT2D eigenvalue weighted by Gasteiger charge is -2.43. The van der Waals surface area contributed by atoms with Crippen LogP contribution in [-0.4, -0.2) is 80.7 Å². The second kappa shape index (κ2) is 11.3. The van der Waals surface area contributed by atoms with Crippen LogP contribution in [0.3, 0.4) is 0 Å². The molecule has 3 N–H and O–H groups in total. The molecule has 2 unspecified atom stereocenters. The Bertz CT molecular complexity index is 1340. The van der Waals surface area contributed by atoms with Gasteiger partial charge < -0.3 is 25.0 Å². The molecule has 202 valence electrons. The Labute approximate surface area is 224 Å². The first kappa shape index (κ1) is 27.1. The summed E-state index contributed by atoms with van der Waals surface area (Å²) < 4.78 is 54.1. The van der Waals surface area contributed by atoms with Crippen molar-refractivity contribution in [3.8, 4) is 11.3 Å². The number of methoxy groups -OCH3 is 1. The first-order valence-electron chi connectivity index (χ1n) is 11.6. The van der Waals surface area contributed by atoms with Crippen LogP contribution in [0.15, 0.2) is 41.6 Å². The first-order chi connectivity index (χ1) is 18.3. The third-order valence-corrected chi connectivity index (χ3v) is 7.75.